The highest BCUT2D eigenvalue weighted by molar-refractivity contribution is 6.04. The Morgan fingerprint density at radius 1 is 0.911 bits per heavy atom. The van der Waals surface area contributed by atoms with Crippen LogP contribution in [0.15, 0.2) is 82.6 Å². The van der Waals surface area contributed by atoms with Crippen LogP contribution in [0.3, 0.4) is 0 Å². The SMILES string of the molecule is CCOc1cc2nccc(Oc3ccc(NC(=O)c4cn(C(C)C)c(=O)n(-c5ccc(F)cc5)c4=O)cc3F)c2cc1OCC.[HH]. The lowest BCUT2D eigenvalue weighted by molar-refractivity contribution is 0.102. The van der Waals surface area contributed by atoms with Crippen molar-refractivity contribution in [3.05, 3.63) is 111 Å². The number of carbonyl (C=O) groups is 1. The van der Waals surface area contributed by atoms with Crippen molar-refractivity contribution in [2.75, 3.05) is 18.5 Å². The molecule has 2 heterocycles. The number of hydrogen-bond donors (Lipinski definition) is 1. The third kappa shape index (κ3) is 6.40. The van der Waals surface area contributed by atoms with Crippen molar-refractivity contribution in [3.63, 3.8) is 0 Å². The highest BCUT2D eigenvalue weighted by Crippen LogP contribution is 2.38. The van der Waals surface area contributed by atoms with E-state index in [-0.39, 0.29) is 24.1 Å². The molecule has 0 radical (unpaired) electrons. The van der Waals surface area contributed by atoms with Crippen LogP contribution in [0.5, 0.6) is 23.0 Å². The molecule has 0 atom stereocenters. The number of anilines is 1. The summed E-state index contributed by atoms with van der Waals surface area (Å²) in [6, 6.07) is 13.1. The first-order chi connectivity index (χ1) is 21.6. The number of aromatic nitrogens is 3. The predicted molar refractivity (Wildman–Crippen MR) is 167 cm³/mol. The summed E-state index contributed by atoms with van der Waals surface area (Å²) in [5.74, 6) is -1.00. The van der Waals surface area contributed by atoms with E-state index < -0.39 is 34.8 Å². The molecule has 0 bridgehead atoms. The van der Waals surface area contributed by atoms with Crippen molar-refractivity contribution < 1.29 is 29.2 Å². The summed E-state index contributed by atoms with van der Waals surface area (Å²) < 4.78 is 48.1. The van der Waals surface area contributed by atoms with E-state index in [0.29, 0.717) is 41.4 Å². The molecule has 0 saturated heterocycles. The summed E-state index contributed by atoms with van der Waals surface area (Å²) >= 11 is 0. The Kier molecular flexibility index (Phi) is 8.93. The maximum Gasteiger partial charge on any atom is 0.335 e. The number of halogens is 2. The Labute approximate surface area is 257 Å². The van der Waals surface area contributed by atoms with E-state index in [1.165, 1.54) is 35.0 Å². The Bertz CT molecular complexity index is 2010. The van der Waals surface area contributed by atoms with Crippen LogP contribution in [0.4, 0.5) is 14.5 Å². The Morgan fingerprint density at radius 3 is 2.24 bits per heavy atom. The van der Waals surface area contributed by atoms with Gasteiger partial charge in [0.2, 0.25) is 0 Å². The van der Waals surface area contributed by atoms with Gasteiger partial charge in [-0.05, 0) is 76.2 Å². The van der Waals surface area contributed by atoms with Gasteiger partial charge < -0.3 is 19.5 Å². The summed E-state index contributed by atoms with van der Waals surface area (Å²) in [6.45, 7) is 7.95. The van der Waals surface area contributed by atoms with Gasteiger partial charge in [0, 0.05) is 43.1 Å². The molecule has 12 heteroatoms. The zero-order chi connectivity index (χ0) is 32.2. The fourth-order valence-corrected chi connectivity index (χ4v) is 4.65. The maximum absolute atomic E-state index is 15.3. The van der Waals surface area contributed by atoms with Crippen LogP contribution in [0.2, 0.25) is 0 Å². The van der Waals surface area contributed by atoms with Crippen molar-refractivity contribution >= 4 is 22.5 Å². The number of benzene rings is 3. The summed E-state index contributed by atoms with van der Waals surface area (Å²) in [6.07, 6.45) is 2.68. The van der Waals surface area contributed by atoms with Gasteiger partial charge in [0.25, 0.3) is 11.5 Å². The molecule has 234 valence electrons. The Morgan fingerprint density at radius 2 is 1.60 bits per heavy atom. The molecule has 5 aromatic rings. The third-order valence-electron chi connectivity index (χ3n) is 6.78. The molecule has 0 fully saturated rings. The summed E-state index contributed by atoms with van der Waals surface area (Å²) in [5.41, 5.74) is -1.29. The first-order valence-corrected chi connectivity index (χ1v) is 14.2. The zero-order valence-electron chi connectivity index (χ0n) is 25.0. The lowest BCUT2D eigenvalue weighted by Gasteiger charge is -2.16. The van der Waals surface area contributed by atoms with E-state index in [9.17, 15) is 18.8 Å². The number of nitrogens with one attached hydrogen (secondary N) is 1. The van der Waals surface area contributed by atoms with E-state index >= 15 is 4.39 Å². The molecule has 0 unspecified atom stereocenters. The maximum atomic E-state index is 15.3. The predicted octanol–water partition coefficient (Wildman–Crippen LogP) is 6.49. The quantitative estimate of drug-likeness (QED) is 0.190. The second-order valence-corrected chi connectivity index (χ2v) is 10.1. The smallest absolute Gasteiger partial charge is 0.335 e. The average molecular weight is 619 g/mol. The summed E-state index contributed by atoms with van der Waals surface area (Å²) in [7, 11) is 0. The normalized spacial score (nSPS) is 11.1. The summed E-state index contributed by atoms with van der Waals surface area (Å²) in [4.78, 5) is 44.0. The number of hydrogen-bond acceptors (Lipinski definition) is 7. The Hall–Kier alpha value is -5.52. The van der Waals surface area contributed by atoms with Gasteiger partial charge in [-0.25, -0.2) is 18.1 Å². The van der Waals surface area contributed by atoms with Gasteiger partial charge in [-0.1, -0.05) is 0 Å². The van der Waals surface area contributed by atoms with Crippen molar-refractivity contribution in [1.29, 1.82) is 0 Å². The minimum Gasteiger partial charge on any atom is -0.490 e. The number of carbonyl (C=O) groups excluding carboxylic acids is 1. The number of nitrogens with zero attached hydrogens (tertiary/aromatic N) is 3. The first kappa shape index (κ1) is 30.9. The van der Waals surface area contributed by atoms with E-state index in [2.05, 4.69) is 10.3 Å². The van der Waals surface area contributed by atoms with Gasteiger partial charge >= 0.3 is 5.69 Å². The minimum absolute atomic E-state index is 0. The van der Waals surface area contributed by atoms with Crippen LogP contribution in [-0.2, 0) is 0 Å². The molecule has 1 amide bonds. The topological polar surface area (TPSA) is 114 Å². The van der Waals surface area contributed by atoms with Gasteiger partial charge in [-0.15, -0.1) is 0 Å². The number of ether oxygens (including phenoxy) is 3. The third-order valence-corrected chi connectivity index (χ3v) is 6.78. The number of fused-ring (bicyclic) bond motifs is 1. The second-order valence-electron chi connectivity index (χ2n) is 10.1. The van der Waals surface area contributed by atoms with E-state index in [1.807, 2.05) is 13.8 Å². The highest BCUT2D eigenvalue weighted by Gasteiger charge is 2.21. The van der Waals surface area contributed by atoms with Gasteiger partial charge in [0.05, 0.1) is 24.4 Å². The zero-order valence-corrected chi connectivity index (χ0v) is 25.0. The lowest BCUT2D eigenvalue weighted by Crippen LogP contribution is -2.42. The van der Waals surface area contributed by atoms with Gasteiger partial charge in [-0.2, -0.15) is 0 Å². The van der Waals surface area contributed by atoms with E-state index in [4.69, 9.17) is 14.2 Å². The Balaban J connectivity index is 0.00000480. The fraction of sp³-hybridized carbons (Fsp3) is 0.212. The molecule has 0 saturated carbocycles. The van der Waals surface area contributed by atoms with Crippen LogP contribution in [0, 0.1) is 11.6 Å². The second kappa shape index (κ2) is 13.0. The monoisotopic (exact) mass is 618 g/mol. The van der Waals surface area contributed by atoms with Crippen molar-refractivity contribution in [3.8, 4) is 28.7 Å². The van der Waals surface area contributed by atoms with Crippen molar-refractivity contribution in [1.82, 2.24) is 14.1 Å². The molecule has 2 aromatic heterocycles. The van der Waals surface area contributed by atoms with Crippen molar-refractivity contribution in [2.45, 2.75) is 33.7 Å². The van der Waals surface area contributed by atoms with Crippen molar-refractivity contribution in [2.24, 2.45) is 0 Å². The van der Waals surface area contributed by atoms with Gasteiger partial charge in [0.1, 0.15) is 17.1 Å². The first-order valence-electron chi connectivity index (χ1n) is 14.2. The number of pyridine rings is 1. The molecule has 45 heavy (non-hydrogen) atoms. The average Bonchev–Trinajstić information content (AvgIpc) is 3.00. The molecule has 1 N–H and O–H groups in total. The minimum atomic E-state index is -0.912. The largest absolute Gasteiger partial charge is 0.490 e. The molecular formula is C33H32F2N4O6. The van der Waals surface area contributed by atoms with Crippen LogP contribution in [-0.4, -0.2) is 33.2 Å². The lowest BCUT2D eigenvalue weighted by atomic mass is 10.1. The standard InChI is InChI=1S/C33H30F2N4O6.H2/c1-5-43-29-16-23-26(17-30(29)44-6-2)36-14-13-27(23)45-28-12-9-21(15-25(28)35)37-31(40)24-18-38(19(3)4)33(42)39(32(24)41)22-10-7-20(34)8-11-22;/h7-19H,5-6H2,1-4H3,(H,37,40);1H. The molecule has 10 nitrogen and oxygen atoms in total. The molecule has 0 aliphatic heterocycles. The van der Waals surface area contributed by atoms with Gasteiger partial charge in [-0.3, -0.25) is 19.1 Å². The highest BCUT2D eigenvalue weighted by atomic mass is 19.1. The number of rotatable bonds is 10. The van der Waals surface area contributed by atoms with E-state index in [0.717, 1.165) is 29.0 Å². The van der Waals surface area contributed by atoms with Crippen LogP contribution in [0.25, 0.3) is 16.6 Å². The molecular weight excluding hydrogens is 586 g/mol. The van der Waals surface area contributed by atoms with Crippen LogP contribution < -0.4 is 30.8 Å². The molecule has 0 aliphatic rings. The molecule has 3 aromatic carbocycles. The summed E-state index contributed by atoms with van der Waals surface area (Å²) in [5, 5.41) is 3.08. The molecule has 0 spiro atoms. The number of amides is 1. The van der Waals surface area contributed by atoms with Crippen LogP contribution >= 0.6 is 0 Å². The van der Waals surface area contributed by atoms with E-state index in [1.54, 1.807) is 32.0 Å². The fourth-order valence-electron chi connectivity index (χ4n) is 4.65. The van der Waals surface area contributed by atoms with Gasteiger partial charge in [0.15, 0.2) is 23.1 Å². The molecule has 5 rings (SSSR count). The van der Waals surface area contributed by atoms with Crippen LogP contribution in [0.1, 0.15) is 45.5 Å². The molecule has 0 aliphatic carbocycles.